The second-order valence-corrected chi connectivity index (χ2v) is 5.30. The minimum Gasteiger partial charge on any atom is -0.329 e. The molecule has 5 nitrogen and oxygen atoms in total. The van der Waals surface area contributed by atoms with E-state index in [4.69, 9.17) is 5.73 Å². The summed E-state index contributed by atoms with van der Waals surface area (Å²) >= 11 is 0. The third-order valence-electron chi connectivity index (χ3n) is 4.15. The monoisotopic (exact) mass is 251 g/mol. The molecule has 1 aromatic rings. The molecule has 2 atom stereocenters. The van der Waals surface area contributed by atoms with E-state index in [9.17, 15) is 0 Å². The number of piperidine rings is 1. The van der Waals surface area contributed by atoms with Gasteiger partial charge in [-0.15, -0.1) is 10.2 Å². The van der Waals surface area contributed by atoms with Gasteiger partial charge in [-0.2, -0.15) is 0 Å². The van der Waals surface area contributed by atoms with Crippen molar-refractivity contribution in [3.05, 3.63) is 11.6 Å². The van der Waals surface area contributed by atoms with Crippen molar-refractivity contribution >= 4 is 0 Å². The maximum absolute atomic E-state index is 5.93. The zero-order chi connectivity index (χ0) is 13.1. The molecule has 0 spiro atoms. The molecule has 0 saturated carbocycles. The first-order valence-corrected chi connectivity index (χ1v) is 7.00. The van der Waals surface area contributed by atoms with Gasteiger partial charge in [0.25, 0.3) is 0 Å². The SMILES string of the molecule is CCn1c(C)nnc1CN1CCCC(C)C1CN. The third kappa shape index (κ3) is 2.57. The molecule has 5 heteroatoms. The smallest absolute Gasteiger partial charge is 0.147 e. The van der Waals surface area contributed by atoms with Gasteiger partial charge in [0.15, 0.2) is 0 Å². The highest BCUT2D eigenvalue weighted by Gasteiger charge is 2.28. The second kappa shape index (κ2) is 5.80. The molecule has 0 radical (unpaired) electrons. The van der Waals surface area contributed by atoms with Crippen molar-refractivity contribution in [2.75, 3.05) is 13.1 Å². The van der Waals surface area contributed by atoms with Crippen LogP contribution in [0, 0.1) is 12.8 Å². The molecule has 0 amide bonds. The molecule has 0 bridgehead atoms. The van der Waals surface area contributed by atoms with Gasteiger partial charge in [0, 0.05) is 19.1 Å². The molecule has 1 aromatic heterocycles. The minimum atomic E-state index is 0.487. The van der Waals surface area contributed by atoms with E-state index in [1.54, 1.807) is 0 Å². The summed E-state index contributed by atoms with van der Waals surface area (Å²) < 4.78 is 2.19. The third-order valence-corrected chi connectivity index (χ3v) is 4.15. The lowest BCUT2D eigenvalue weighted by Gasteiger charge is -2.39. The van der Waals surface area contributed by atoms with E-state index < -0.39 is 0 Å². The largest absolute Gasteiger partial charge is 0.329 e. The number of aromatic nitrogens is 3. The van der Waals surface area contributed by atoms with Crippen LogP contribution in [0.15, 0.2) is 0 Å². The first-order valence-electron chi connectivity index (χ1n) is 7.00. The van der Waals surface area contributed by atoms with Crippen LogP contribution in [0.3, 0.4) is 0 Å². The normalized spacial score (nSPS) is 25.6. The van der Waals surface area contributed by atoms with E-state index in [1.807, 2.05) is 6.92 Å². The molecule has 2 rings (SSSR count). The van der Waals surface area contributed by atoms with Crippen molar-refractivity contribution in [1.29, 1.82) is 0 Å². The van der Waals surface area contributed by atoms with Crippen LogP contribution in [0.5, 0.6) is 0 Å². The number of hydrogen-bond donors (Lipinski definition) is 1. The van der Waals surface area contributed by atoms with Crippen molar-refractivity contribution in [3.8, 4) is 0 Å². The summed E-state index contributed by atoms with van der Waals surface area (Å²) in [5.41, 5.74) is 5.93. The van der Waals surface area contributed by atoms with Crippen LogP contribution in [0.4, 0.5) is 0 Å². The fourth-order valence-corrected chi connectivity index (χ4v) is 3.05. The van der Waals surface area contributed by atoms with Gasteiger partial charge in [-0.3, -0.25) is 4.90 Å². The molecular formula is C13H25N5. The summed E-state index contributed by atoms with van der Waals surface area (Å²) in [6, 6.07) is 0.487. The Labute approximate surface area is 109 Å². The number of likely N-dealkylation sites (tertiary alicyclic amines) is 1. The van der Waals surface area contributed by atoms with Crippen molar-refractivity contribution in [1.82, 2.24) is 19.7 Å². The lowest BCUT2D eigenvalue weighted by molar-refractivity contribution is 0.0950. The lowest BCUT2D eigenvalue weighted by Crippen LogP contribution is -2.48. The summed E-state index contributed by atoms with van der Waals surface area (Å²) in [5.74, 6) is 2.76. The summed E-state index contributed by atoms with van der Waals surface area (Å²) in [6.07, 6.45) is 2.55. The first-order chi connectivity index (χ1) is 8.67. The van der Waals surface area contributed by atoms with Gasteiger partial charge < -0.3 is 10.3 Å². The Morgan fingerprint density at radius 2 is 2.17 bits per heavy atom. The number of aryl methyl sites for hydroxylation is 1. The molecule has 102 valence electrons. The van der Waals surface area contributed by atoms with E-state index in [1.165, 1.54) is 12.8 Å². The number of rotatable bonds is 4. The van der Waals surface area contributed by atoms with Crippen LogP contribution in [-0.2, 0) is 13.1 Å². The number of nitrogens with zero attached hydrogens (tertiary/aromatic N) is 4. The second-order valence-electron chi connectivity index (χ2n) is 5.30. The molecule has 1 saturated heterocycles. The van der Waals surface area contributed by atoms with Crippen molar-refractivity contribution in [2.24, 2.45) is 11.7 Å². The van der Waals surface area contributed by atoms with E-state index >= 15 is 0 Å². The average molecular weight is 251 g/mol. The molecule has 2 unspecified atom stereocenters. The lowest BCUT2D eigenvalue weighted by atomic mass is 9.91. The zero-order valence-corrected chi connectivity index (χ0v) is 11.8. The molecule has 0 aliphatic carbocycles. The van der Waals surface area contributed by atoms with Crippen LogP contribution in [0.1, 0.15) is 38.3 Å². The van der Waals surface area contributed by atoms with Crippen LogP contribution in [0.2, 0.25) is 0 Å². The first kappa shape index (κ1) is 13.5. The highest BCUT2D eigenvalue weighted by molar-refractivity contribution is 4.96. The van der Waals surface area contributed by atoms with Crippen LogP contribution < -0.4 is 5.73 Å². The molecule has 1 aliphatic rings. The van der Waals surface area contributed by atoms with E-state index in [0.717, 1.165) is 37.8 Å². The van der Waals surface area contributed by atoms with Gasteiger partial charge in [-0.05, 0) is 39.2 Å². The minimum absolute atomic E-state index is 0.487. The Bertz CT molecular complexity index is 387. The van der Waals surface area contributed by atoms with Crippen LogP contribution in [-0.4, -0.2) is 38.8 Å². The average Bonchev–Trinajstić information content (AvgIpc) is 2.70. The summed E-state index contributed by atoms with van der Waals surface area (Å²) in [7, 11) is 0. The van der Waals surface area contributed by atoms with E-state index in [0.29, 0.717) is 12.0 Å². The van der Waals surface area contributed by atoms with Crippen molar-refractivity contribution < 1.29 is 0 Å². The quantitative estimate of drug-likeness (QED) is 0.872. The molecule has 1 aliphatic heterocycles. The summed E-state index contributed by atoms with van der Waals surface area (Å²) in [5, 5.41) is 8.48. The van der Waals surface area contributed by atoms with E-state index in [2.05, 4.69) is 33.5 Å². The Morgan fingerprint density at radius 1 is 1.39 bits per heavy atom. The summed E-state index contributed by atoms with van der Waals surface area (Å²) in [4.78, 5) is 2.48. The Hall–Kier alpha value is -0.940. The standard InChI is InChI=1S/C13H25N5/c1-4-18-11(3)15-16-13(18)9-17-7-5-6-10(2)12(17)8-14/h10,12H,4-9,14H2,1-3H3. The van der Waals surface area contributed by atoms with Gasteiger partial charge >= 0.3 is 0 Å². The van der Waals surface area contributed by atoms with E-state index in [-0.39, 0.29) is 0 Å². The Balaban J connectivity index is 2.11. The van der Waals surface area contributed by atoms with Gasteiger partial charge in [0.2, 0.25) is 0 Å². The van der Waals surface area contributed by atoms with Gasteiger partial charge in [0.05, 0.1) is 6.54 Å². The number of hydrogen-bond acceptors (Lipinski definition) is 4. The van der Waals surface area contributed by atoms with Gasteiger partial charge in [-0.25, -0.2) is 0 Å². The zero-order valence-electron chi connectivity index (χ0n) is 11.8. The maximum atomic E-state index is 5.93. The Kier molecular flexibility index (Phi) is 4.35. The predicted octanol–water partition coefficient (Wildman–Crippen LogP) is 1.17. The number of nitrogens with two attached hydrogens (primary N) is 1. The van der Waals surface area contributed by atoms with Crippen molar-refractivity contribution in [2.45, 2.75) is 52.7 Å². The fourth-order valence-electron chi connectivity index (χ4n) is 3.05. The molecule has 18 heavy (non-hydrogen) atoms. The van der Waals surface area contributed by atoms with Crippen LogP contribution in [0.25, 0.3) is 0 Å². The highest BCUT2D eigenvalue weighted by atomic mass is 15.3. The molecule has 2 N–H and O–H groups in total. The highest BCUT2D eigenvalue weighted by Crippen LogP contribution is 2.24. The van der Waals surface area contributed by atoms with Gasteiger partial charge in [-0.1, -0.05) is 6.92 Å². The summed E-state index contributed by atoms with van der Waals surface area (Å²) in [6.45, 7) is 10.1. The predicted molar refractivity (Wildman–Crippen MR) is 72.1 cm³/mol. The molecular weight excluding hydrogens is 226 g/mol. The molecule has 0 aromatic carbocycles. The maximum Gasteiger partial charge on any atom is 0.147 e. The molecule has 2 heterocycles. The Morgan fingerprint density at radius 3 is 2.83 bits per heavy atom. The fraction of sp³-hybridized carbons (Fsp3) is 0.846. The van der Waals surface area contributed by atoms with Crippen molar-refractivity contribution in [3.63, 3.8) is 0 Å². The van der Waals surface area contributed by atoms with Gasteiger partial charge in [0.1, 0.15) is 11.6 Å². The van der Waals surface area contributed by atoms with Crippen LogP contribution >= 0.6 is 0 Å². The molecule has 1 fully saturated rings. The topological polar surface area (TPSA) is 60.0 Å².